The monoisotopic (exact) mass is 369 g/mol. The highest BCUT2D eigenvalue weighted by atomic mass is 79.9. The van der Waals surface area contributed by atoms with Crippen molar-refractivity contribution in [1.29, 1.82) is 0 Å². The van der Waals surface area contributed by atoms with Crippen LogP contribution in [0.1, 0.15) is 17.3 Å². The van der Waals surface area contributed by atoms with Gasteiger partial charge in [-0.1, -0.05) is 17.7 Å². The molecule has 1 aromatic heterocycles. The summed E-state index contributed by atoms with van der Waals surface area (Å²) in [6.45, 7) is 2.01. The van der Waals surface area contributed by atoms with Gasteiger partial charge in [-0.3, -0.25) is 0 Å². The van der Waals surface area contributed by atoms with E-state index in [1.807, 2.05) is 6.07 Å². The third-order valence-corrected chi connectivity index (χ3v) is 4.01. The molecule has 0 aliphatic carbocycles. The highest BCUT2D eigenvalue weighted by Crippen LogP contribution is 2.32. The lowest BCUT2D eigenvalue weighted by Crippen LogP contribution is -2.10. The molecule has 0 radical (unpaired) electrons. The summed E-state index contributed by atoms with van der Waals surface area (Å²) in [7, 11) is 0. The largest absolute Gasteiger partial charge is 0.462 e. The van der Waals surface area contributed by atoms with Crippen molar-refractivity contribution in [3.8, 4) is 0 Å². The predicted octanol–water partition coefficient (Wildman–Crippen LogP) is 4.00. The number of rotatable bonds is 4. The average molecular weight is 371 g/mol. The standard InChI is InChI=1S/C14H13BrClN3O2/c1-2-21-14(20)9-6-8(17)7-18-13(9)19-11-5-3-4-10(16)12(11)15/h3-7H,2,17H2,1H3,(H,18,19). The number of benzene rings is 1. The Balaban J connectivity index is 2.40. The molecule has 21 heavy (non-hydrogen) atoms. The minimum Gasteiger partial charge on any atom is -0.462 e. The molecule has 0 atom stereocenters. The number of nitrogens with zero attached hydrogens (tertiary/aromatic N) is 1. The van der Waals surface area contributed by atoms with Gasteiger partial charge in [-0.05, 0) is 41.1 Å². The number of esters is 1. The third-order valence-electron chi connectivity index (χ3n) is 2.61. The van der Waals surface area contributed by atoms with Crippen LogP contribution in [-0.2, 0) is 4.74 Å². The van der Waals surface area contributed by atoms with E-state index in [-0.39, 0.29) is 12.2 Å². The van der Waals surface area contributed by atoms with E-state index in [9.17, 15) is 4.79 Å². The van der Waals surface area contributed by atoms with Gasteiger partial charge >= 0.3 is 5.97 Å². The van der Waals surface area contributed by atoms with Gasteiger partial charge in [0, 0.05) is 0 Å². The molecule has 7 heteroatoms. The van der Waals surface area contributed by atoms with E-state index in [1.54, 1.807) is 19.1 Å². The van der Waals surface area contributed by atoms with Crippen molar-refractivity contribution in [1.82, 2.24) is 4.98 Å². The Bertz CT molecular complexity index is 679. The maximum atomic E-state index is 12.0. The fraction of sp³-hybridized carbons (Fsp3) is 0.143. The van der Waals surface area contributed by atoms with Crippen molar-refractivity contribution in [3.63, 3.8) is 0 Å². The molecule has 0 unspecified atom stereocenters. The van der Waals surface area contributed by atoms with Gasteiger partial charge in [0.05, 0.1) is 33.7 Å². The maximum Gasteiger partial charge on any atom is 0.341 e. The first-order valence-electron chi connectivity index (χ1n) is 6.16. The highest BCUT2D eigenvalue weighted by molar-refractivity contribution is 9.10. The smallest absolute Gasteiger partial charge is 0.341 e. The average Bonchev–Trinajstić information content (AvgIpc) is 2.46. The number of nitrogens with two attached hydrogens (primary N) is 1. The van der Waals surface area contributed by atoms with E-state index in [2.05, 4.69) is 26.2 Å². The number of anilines is 3. The molecule has 0 saturated heterocycles. The molecular weight excluding hydrogens is 358 g/mol. The Kier molecular flexibility index (Phi) is 5.03. The van der Waals surface area contributed by atoms with Crippen molar-refractivity contribution in [2.45, 2.75) is 6.92 Å². The first-order valence-corrected chi connectivity index (χ1v) is 7.33. The number of pyridine rings is 1. The SMILES string of the molecule is CCOC(=O)c1cc(N)cnc1Nc1cccc(Cl)c1Br. The second-order valence-electron chi connectivity index (χ2n) is 4.11. The predicted molar refractivity (Wildman–Crippen MR) is 87.0 cm³/mol. The van der Waals surface area contributed by atoms with E-state index >= 15 is 0 Å². The first kappa shape index (κ1) is 15.6. The van der Waals surface area contributed by atoms with Crippen LogP contribution in [0.3, 0.4) is 0 Å². The molecule has 2 rings (SSSR count). The Hall–Kier alpha value is -1.79. The number of hydrogen-bond acceptors (Lipinski definition) is 5. The number of halogens is 2. The zero-order valence-corrected chi connectivity index (χ0v) is 13.5. The Morgan fingerprint density at radius 2 is 2.29 bits per heavy atom. The lowest BCUT2D eigenvalue weighted by Gasteiger charge is -2.12. The number of aromatic nitrogens is 1. The second kappa shape index (κ2) is 6.78. The van der Waals surface area contributed by atoms with Gasteiger partial charge in [0.15, 0.2) is 0 Å². The molecule has 3 N–H and O–H groups in total. The summed E-state index contributed by atoms with van der Waals surface area (Å²) >= 11 is 9.42. The zero-order valence-electron chi connectivity index (χ0n) is 11.2. The van der Waals surface area contributed by atoms with Gasteiger partial charge in [0.1, 0.15) is 11.4 Å². The molecule has 0 saturated carbocycles. The van der Waals surface area contributed by atoms with Gasteiger partial charge in [0.2, 0.25) is 0 Å². The minimum absolute atomic E-state index is 0.267. The van der Waals surface area contributed by atoms with Crippen LogP contribution in [0.4, 0.5) is 17.2 Å². The molecule has 5 nitrogen and oxygen atoms in total. The first-order chi connectivity index (χ1) is 10.0. The summed E-state index contributed by atoms with van der Waals surface area (Å²) in [6, 6.07) is 6.87. The van der Waals surface area contributed by atoms with Gasteiger partial charge in [-0.25, -0.2) is 9.78 Å². The second-order valence-corrected chi connectivity index (χ2v) is 5.31. The number of carbonyl (C=O) groups is 1. The van der Waals surface area contributed by atoms with Crippen molar-refractivity contribution in [2.75, 3.05) is 17.7 Å². The molecule has 1 aromatic carbocycles. The number of carbonyl (C=O) groups excluding carboxylic acids is 1. The topological polar surface area (TPSA) is 77.2 Å². The van der Waals surface area contributed by atoms with Gasteiger partial charge in [-0.2, -0.15) is 0 Å². The van der Waals surface area contributed by atoms with Crippen LogP contribution in [0.5, 0.6) is 0 Å². The fourth-order valence-corrected chi connectivity index (χ4v) is 2.21. The van der Waals surface area contributed by atoms with E-state index in [0.29, 0.717) is 26.7 Å². The molecule has 110 valence electrons. The molecular formula is C14H13BrClN3O2. The van der Waals surface area contributed by atoms with E-state index in [1.165, 1.54) is 12.3 Å². The van der Waals surface area contributed by atoms with E-state index in [4.69, 9.17) is 22.1 Å². The van der Waals surface area contributed by atoms with Crippen LogP contribution in [-0.4, -0.2) is 17.6 Å². The molecule has 0 fully saturated rings. The van der Waals surface area contributed by atoms with Crippen LogP contribution in [0.15, 0.2) is 34.9 Å². The summed E-state index contributed by atoms with van der Waals surface area (Å²) in [4.78, 5) is 16.1. The summed E-state index contributed by atoms with van der Waals surface area (Å²) in [5.41, 5.74) is 7.02. The van der Waals surface area contributed by atoms with Crippen molar-refractivity contribution in [2.24, 2.45) is 0 Å². The van der Waals surface area contributed by atoms with Crippen molar-refractivity contribution >= 4 is 50.7 Å². The third kappa shape index (κ3) is 3.65. The molecule has 0 bridgehead atoms. The van der Waals surface area contributed by atoms with Crippen LogP contribution in [0.25, 0.3) is 0 Å². The Labute approximate surface area is 135 Å². The molecule has 0 spiro atoms. The zero-order chi connectivity index (χ0) is 15.4. The van der Waals surface area contributed by atoms with Crippen LogP contribution >= 0.6 is 27.5 Å². The van der Waals surface area contributed by atoms with Crippen LogP contribution < -0.4 is 11.1 Å². The minimum atomic E-state index is -0.488. The summed E-state index contributed by atoms with van der Waals surface area (Å²) in [5.74, 6) is -0.136. The number of ether oxygens (including phenoxy) is 1. The maximum absolute atomic E-state index is 12.0. The number of hydrogen-bond donors (Lipinski definition) is 2. The fourth-order valence-electron chi connectivity index (χ4n) is 1.67. The van der Waals surface area contributed by atoms with Crippen molar-refractivity contribution < 1.29 is 9.53 Å². The lowest BCUT2D eigenvalue weighted by atomic mass is 10.2. The molecule has 0 aliphatic heterocycles. The lowest BCUT2D eigenvalue weighted by molar-refractivity contribution is 0.0527. The van der Waals surface area contributed by atoms with Crippen LogP contribution in [0.2, 0.25) is 5.02 Å². The summed E-state index contributed by atoms with van der Waals surface area (Å²) in [5, 5.41) is 3.60. The van der Waals surface area contributed by atoms with E-state index in [0.717, 1.165) is 0 Å². The number of nitrogens with one attached hydrogen (secondary N) is 1. The number of nitrogen functional groups attached to an aromatic ring is 1. The molecule has 2 aromatic rings. The highest BCUT2D eigenvalue weighted by Gasteiger charge is 2.16. The van der Waals surface area contributed by atoms with Crippen molar-refractivity contribution in [3.05, 3.63) is 45.5 Å². The molecule has 0 aliphatic rings. The van der Waals surface area contributed by atoms with Gasteiger partial charge in [0.25, 0.3) is 0 Å². The molecule has 1 heterocycles. The Morgan fingerprint density at radius 3 is 3.00 bits per heavy atom. The van der Waals surface area contributed by atoms with E-state index < -0.39 is 5.97 Å². The quantitative estimate of drug-likeness (QED) is 0.795. The summed E-state index contributed by atoms with van der Waals surface area (Å²) in [6.07, 6.45) is 1.46. The van der Waals surface area contributed by atoms with Crippen LogP contribution in [0, 0.1) is 0 Å². The summed E-state index contributed by atoms with van der Waals surface area (Å²) < 4.78 is 5.68. The Morgan fingerprint density at radius 1 is 1.52 bits per heavy atom. The molecule has 0 amide bonds. The van der Waals surface area contributed by atoms with Gasteiger partial charge < -0.3 is 15.8 Å². The normalized spacial score (nSPS) is 10.2. The van der Waals surface area contributed by atoms with Gasteiger partial charge in [-0.15, -0.1) is 0 Å².